The van der Waals surface area contributed by atoms with Gasteiger partial charge in [0.1, 0.15) is 18.1 Å². The minimum atomic E-state index is -0.987. The maximum Gasteiger partial charge on any atom is 0.410 e. The summed E-state index contributed by atoms with van der Waals surface area (Å²) in [5.74, 6) is -1.63. The fourth-order valence-corrected chi connectivity index (χ4v) is 3.09. The fraction of sp³-hybridized carbons (Fsp3) is 0.750. The van der Waals surface area contributed by atoms with E-state index in [0.717, 1.165) is 0 Å². The van der Waals surface area contributed by atoms with E-state index in [4.69, 9.17) is 18.7 Å². The molecule has 11 heteroatoms. The van der Waals surface area contributed by atoms with Crippen LogP contribution < -0.4 is 4.74 Å². The first-order valence-electron chi connectivity index (χ1n) is 11.9. The lowest BCUT2D eigenvalue weighted by atomic mass is 9.94. The van der Waals surface area contributed by atoms with Gasteiger partial charge >= 0.3 is 12.1 Å². The van der Waals surface area contributed by atoms with Crippen molar-refractivity contribution in [1.82, 2.24) is 15.0 Å². The first-order chi connectivity index (χ1) is 16.2. The van der Waals surface area contributed by atoms with Gasteiger partial charge in [0.2, 0.25) is 5.91 Å². The molecule has 2 unspecified atom stereocenters. The van der Waals surface area contributed by atoms with Gasteiger partial charge in [0.25, 0.3) is 5.88 Å². The number of carboxylic acids is 1. The summed E-state index contributed by atoms with van der Waals surface area (Å²) < 4.78 is 22.2. The van der Waals surface area contributed by atoms with Crippen LogP contribution in [0.15, 0.2) is 10.6 Å². The summed E-state index contributed by atoms with van der Waals surface area (Å²) in [4.78, 5) is 39.0. The SMILES string of the molecule is CCC(COc1cc(C(C(=O)O)C(C)C)on1)OCCN(CCC(=O)N(C)C)C(=O)OC(C)(C)C. The van der Waals surface area contributed by atoms with E-state index >= 15 is 0 Å². The highest BCUT2D eigenvalue weighted by molar-refractivity contribution is 5.77. The highest BCUT2D eigenvalue weighted by Crippen LogP contribution is 2.27. The highest BCUT2D eigenvalue weighted by Gasteiger charge is 2.28. The van der Waals surface area contributed by atoms with Crippen LogP contribution in [0, 0.1) is 5.92 Å². The molecule has 200 valence electrons. The number of rotatable bonds is 14. The second kappa shape index (κ2) is 13.9. The van der Waals surface area contributed by atoms with Crippen LogP contribution in [0.4, 0.5) is 4.79 Å². The van der Waals surface area contributed by atoms with E-state index in [0.29, 0.717) is 6.42 Å². The molecule has 0 saturated carbocycles. The number of nitrogens with zero attached hydrogens (tertiary/aromatic N) is 3. The van der Waals surface area contributed by atoms with Gasteiger partial charge in [0.05, 0.1) is 12.7 Å². The number of aromatic nitrogens is 1. The molecule has 0 aliphatic rings. The molecular formula is C24H41N3O8. The molecule has 0 fully saturated rings. The lowest BCUT2D eigenvalue weighted by molar-refractivity contribution is -0.140. The maximum atomic E-state index is 12.6. The van der Waals surface area contributed by atoms with E-state index in [-0.39, 0.29) is 62.3 Å². The molecule has 35 heavy (non-hydrogen) atoms. The minimum Gasteiger partial charge on any atom is -0.481 e. The van der Waals surface area contributed by atoms with Crippen molar-refractivity contribution in [2.75, 3.05) is 40.4 Å². The van der Waals surface area contributed by atoms with Crippen LogP contribution in [-0.4, -0.2) is 90.1 Å². The number of amides is 2. The van der Waals surface area contributed by atoms with E-state index in [9.17, 15) is 19.5 Å². The number of aliphatic carboxylic acids is 1. The second-order valence-corrected chi connectivity index (χ2v) is 9.85. The van der Waals surface area contributed by atoms with Crippen LogP contribution >= 0.6 is 0 Å². The van der Waals surface area contributed by atoms with Crippen LogP contribution in [0.3, 0.4) is 0 Å². The molecule has 1 aromatic rings. The largest absolute Gasteiger partial charge is 0.481 e. The average molecular weight is 500 g/mol. The molecule has 1 N–H and O–H groups in total. The van der Waals surface area contributed by atoms with Gasteiger partial charge in [-0.1, -0.05) is 20.8 Å². The lowest BCUT2D eigenvalue weighted by Gasteiger charge is -2.28. The molecule has 0 saturated heterocycles. The topological polar surface area (TPSA) is 132 Å². The van der Waals surface area contributed by atoms with Crippen molar-refractivity contribution in [3.05, 3.63) is 11.8 Å². The van der Waals surface area contributed by atoms with Gasteiger partial charge in [-0.15, -0.1) is 0 Å². The van der Waals surface area contributed by atoms with Crippen molar-refractivity contribution in [2.45, 2.75) is 72.0 Å². The molecule has 1 rings (SSSR count). The quantitative estimate of drug-likeness (QED) is 0.409. The zero-order chi connectivity index (χ0) is 26.8. The number of hydrogen-bond acceptors (Lipinski definition) is 8. The molecular weight excluding hydrogens is 458 g/mol. The predicted octanol–water partition coefficient (Wildman–Crippen LogP) is 3.39. The second-order valence-electron chi connectivity index (χ2n) is 9.85. The number of carbonyl (C=O) groups is 3. The third-order valence-corrected chi connectivity index (χ3v) is 5.08. The van der Waals surface area contributed by atoms with E-state index < -0.39 is 23.6 Å². The molecule has 1 heterocycles. The first-order valence-corrected chi connectivity index (χ1v) is 11.9. The van der Waals surface area contributed by atoms with Crippen LogP contribution in [0.2, 0.25) is 0 Å². The third kappa shape index (κ3) is 11.0. The van der Waals surface area contributed by atoms with Crippen LogP contribution in [-0.2, 0) is 19.1 Å². The summed E-state index contributed by atoms with van der Waals surface area (Å²) in [6.45, 7) is 11.7. The Bertz CT molecular complexity index is 816. The predicted molar refractivity (Wildman–Crippen MR) is 128 cm³/mol. The Morgan fingerprint density at radius 1 is 1.17 bits per heavy atom. The van der Waals surface area contributed by atoms with Gasteiger partial charge in [-0.3, -0.25) is 9.59 Å². The smallest absolute Gasteiger partial charge is 0.410 e. The Morgan fingerprint density at radius 3 is 2.34 bits per heavy atom. The summed E-state index contributed by atoms with van der Waals surface area (Å²) in [7, 11) is 3.33. The molecule has 0 aliphatic heterocycles. The monoisotopic (exact) mass is 499 g/mol. The Kier molecular flexibility index (Phi) is 12.0. The van der Waals surface area contributed by atoms with Crippen molar-refractivity contribution in [1.29, 1.82) is 0 Å². The average Bonchev–Trinajstić information content (AvgIpc) is 3.18. The molecule has 11 nitrogen and oxygen atoms in total. The molecule has 0 aromatic carbocycles. The summed E-state index contributed by atoms with van der Waals surface area (Å²) in [6, 6.07) is 1.48. The Hall–Kier alpha value is -2.82. The van der Waals surface area contributed by atoms with Crippen LogP contribution in [0.1, 0.15) is 66.1 Å². The van der Waals surface area contributed by atoms with Gasteiger partial charge in [-0.25, -0.2) is 4.79 Å². The van der Waals surface area contributed by atoms with Gasteiger partial charge in [0.15, 0.2) is 5.76 Å². The van der Waals surface area contributed by atoms with Crippen molar-refractivity contribution in [3.8, 4) is 5.88 Å². The van der Waals surface area contributed by atoms with E-state index in [1.165, 1.54) is 15.9 Å². The van der Waals surface area contributed by atoms with Crippen LogP contribution in [0.5, 0.6) is 5.88 Å². The standard InChI is InChI=1S/C24H41N3O8/c1-9-17(15-33-19-14-18(35-25-19)21(16(2)3)22(29)30)32-13-12-27(11-10-20(28)26(7)8)23(31)34-24(4,5)6/h14,16-17,21H,9-13,15H2,1-8H3,(H,29,30). The Labute approximate surface area is 207 Å². The van der Waals surface area contributed by atoms with Crippen molar-refractivity contribution in [2.24, 2.45) is 5.92 Å². The zero-order valence-electron chi connectivity index (χ0n) is 22.2. The fourth-order valence-electron chi connectivity index (χ4n) is 3.09. The van der Waals surface area contributed by atoms with E-state index in [1.807, 2.05) is 6.92 Å². The molecule has 0 bridgehead atoms. The zero-order valence-corrected chi connectivity index (χ0v) is 22.2. The molecule has 1 aromatic heterocycles. The van der Waals surface area contributed by atoms with Gasteiger partial charge in [0, 0.05) is 39.7 Å². The Morgan fingerprint density at radius 2 is 1.83 bits per heavy atom. The number of carbonyl (C=O) groups excluding carboxylic acids is 2. The van der Waals surface area contributed by atoms with E-state index in [2.05, 4.69) is 5.16 Å². The van der Waals surface area contributed by atoms with Gasteiger partial charge < -0.3 is 33.6 Å². The third-order valence-electron chi connectivity index (χ3n) is 5.08. The summed E-state index contributed by atoms with van der Waals surface area (Å²) in [6.07, 6.45) is 0.0130. The summed E-state index contributed by atoms with van der Waals surface area (Å²) >= 11 is 0. The maximum absolute atomic E-state index is 12.6. The normalized spacial score (nSPS) is 13.3. The molecule has 0 aliphatic carbocycles. The highest BCUT2D eigenvalue weighted by atomic mass is 16.6. The van der Waals surface area contributed by atoms with Gasteiger partial charge in [-0.05, 0) is 38.3 Å². The molecule has 2 amide bonds. The molecule has 0 radical (unpaired) electrons. The van der Waals surface area contributed by atoms with Gasteiger partial charge in [-0.2, -0.15) is 0 Å². The van der Waals surface area contributed by atoms with Crippen molar-refractivity contribution in [3.63, 3.8) is 0 Å². The minimum absolute atomic E-state index is 0.0890. The molecule has 0 spiro atoms. The number of ether oxygens (including phenoxy) is 3. The summed E-state index contributed by atoms with van der Waals surface area (Å²) in [5, 5.41) is 13.2. The lowest BCUT2D eigenvalue weighted by Crippen LogP contribution is -2.41. The van der Waals surface area contributed by atoms with Crippen molar-refractivity contribution < 1.29 is 38.2 Å². The van der Waals surface area contributed by atoms with Crippen LogP contribution in [0.25, 0.3) is 0 Å². The number of hydrogen-bond donors (Lipinski definition) is 1. The summed E-state index contributed by atoms with van der Waals surface area (Å²) in [5.41, 5.74) is -0.660. The van der Waals surface area contributed by atoms with E-state index in [1.54, 1.807) is 48.7 Å². The number of carboxylic acid groups (broad SMARTS) is 1. The molecule has 2 atom stereocenters. The van der Waals surface area contributed by atoms with Crippen molar-refractivity contribution >= 4 is 18.0 Å². The Balaban J connectivity index is 2.65. The first kappa shape index (κ1) is 30.2.